The summed E-state index contributed by atoms with van der Waals surface area (Å²) in [6, 6.07) is 0. The minimum absolute atomic E-state index is 0.0933. The number of alkyl halides is 4. The summed E-state index contributed by atoms with van der Waals surface area (Å²) in [5.74, 6) is -6.14. The number of ether oxygens (including phenoxy) is 2. The Kier molecular flexibility index (Phi) is 5.50. The Labute approximate surface area is 107 Å². The highest BCUT2D eigenvalue weighted by molar-refractivity contribution is 5.84. The fourth-order valence-electron chi connectivity index (χ4n) is 1.60. The van der Waals surface area contributed by atoms with E-state index in [9.17, 15) is 22.4 Å². The van der Waals surface area contributed by atoms with Gasteiger partial charge in [0, 0.05) is 33.3 Å². The van der Waals surface area contributed by atoms with E-state index in [1.807, 2.05) is 10.2 Å². The van der Waals surface area contributed by atoms with Crippen molar-refractivity contribution >= 4 is 5.91 Å². The summed E-state index contributed by atoms with van der Waals surface area (Å²) >= 11 is 0. The van der Waals surface area contributed by atoms with Gasteiger partial charge in [-0.25, -0.2) is 0 Å². The molecule has 1 heterocycles. The number of nitrogens with one attached hydrogen (secondary N) is 1. The van der Waals surface area contributed by atoms with Crippen molar-refractivity contribution in [2.24, 2.45) is 0 Å². The number of hydrogen-bond acceptors (Lipinski definition) is 4. The SMILES string of the molecule is COC(F)(C(=O)NCCN1CCOCC1)C(F)(F)F. The molecule has 1 saturated heterocycles. The van der Waals surface area contributed by atoms with Gasteiger partial charge in [-0.3, -0.25) is 9.69 Å². The van der Waals surface area contributed by atoms with E-state index in [1.165, 1.54) is 0 Å². The summed E-state index contributed by atoms with van der Waals surface area (Å²) < 4.78 is 59.2. The highest BCUT2D eigenvalue weighted by Crippen LogP contribution is 2.34. The lowest BCUT2D eigenvalue weighted by Gasteiger charge is -2.28. The summed E-state index contributed by atoms with van der Waals surface area (Å²) in [6.07, 6.45) is -5.41. The largest absolute Gasteiger partial charge is 0.458 e. The third-order valence-electron chi connectivity index (χ3n) is 2.76. The average Bonchev–Trinajstić information content (AvgIpc) is 2.37. The first-order chi connectivity index (χ1) is 8.81. The summed E-state index contributed by atoms with van der Waals surface area (Å²) in [6.45, 7) is 2.54. The van der Waals surface area contributed by atoms with Crippen LogP contribution in [0.3, 0.4) is 0 Å². The van der Waals surface area contributed by atoms with Gasteiger partial charge >= 0.3 is 12.0 Å². The van der Waals surface area contributed by atoms with Crippen LogP contribution in [-0.2, 0) is 14.3 Å². The smallest absolute Gasteiger partial charge is 0.379 e. The monoisotopic (exact) mass is 288 g/mol. The zero-order chi connectivity index (χ0) is 14.5. The van der Waals surface area contributed by atoms with E-state index in [2.05, 4.69) is 4.74 Å². The number of amides is 1. The van der Waals surface area contributed by atoms with Crippen molar-refractivity contribution in [3.8, 4) is 0 Å². The maximum absolute atomic E-state index is 13.4. The third kappa shape index (κ3) is 4.02. The van der Waals surface area contributed by atoms with Crippen LogP contribution in [0.4, 0.5) is 17.6 Å². The van der Waals surface area contributed by atoms with Crippen LogP contribution in [0.15, 0.2) is 0 Å². The van der Waals surface area contributed by atoms with Crippen molar-refractivity contribution in [3.63, 3.8) is 0 Å². The van der Waals surface area contributed by atoms with Crippen LogP contribution in [-0.4, -0.2) is 69.3 Å². The number of carbonyl (C=O) groups is 1. The van der Waals surface area contributed by atoms with Crippen LogP contribution in [0.2, 0.25) is 0 Å². The molecule has 1 rings (SSSR count). The standard InChI is InChI=1S/C10H16F4N2O3/c1-18-9(11,10(12,13)14)8(17)15-2-3-16-4-6-19-7-5-16/h2-7H2,1H3,(H,15,17). The van der Waals surface area contributed by atoms with Gasteiger partial charge in [-0.15, -0.1) is 0 Å². The number of halogens is 4. The van der Waals surface area contributed by atoms with Crippen molar-refractivity contribution in [1.29, 1.82) is 0 Å². The highest BCUT2D eigenvalue weighted by atomic mass is 19.4. The Morgan fingerprint density at radius 3 is 2.37 bits per heavy atom. The summed E-state index contributed by atoms with van der Waals surface area (Å²) in [4.78, 5) is 13.1. The predicted octanol–water partition coefficient (Wildman–Crippen LogP) is 0.309. The molecular weight excluding hydrogens is 272 g/mol. The number of carbonyl (C=O) groups excluding carboxylic acids is 1. The topological polar surface area (TPSA) is 50.8 Å². The first-order valence-electron chi connectivity index (χ1n) is 5.70. The van der Waals surface area contributed by atoms with Gasteiger partial charge in [0.05, 0.1) is 13.2 Å². The van der Waals surface area contributed by atoms with E-state index in [1.54, 1.807) is 0 Å². The highest BCUT2D eigenvalue weighted by Gasteiger charge is 2.63. The molecule has 1 atom stereocenters. The van der Waals surface area contributed by atoms with Crippen LogP contribution in [0.25, 0.3) is 0 Å². The fourth-order valence-corrected chi connectivity index (χ4v) is 1.60. The Hall–Kier alpha value is -0.930. The molecule has 0 bridgehead atoms. The molecule has 1 aliphatic rings. The average molecular weight is 288 g/mol. The molecule has 9 heteroatoms. The van der Waals surface area contributed by atoms with Crippen molar-refractivity contribution in [3.05, 3.63) is 0 Å². The molecule has 19 heavy (non-hydrogen) atoms. The van der Waals surface area contributed by atoms with Gasteiger partial charge in [-0.2, -0.15) is 17.6 Å². The van der Waals surface area contributed by atoms with Crippen LogP contribution >= 0.6 is 0 Å². The summed E-state index contributed by atoms with van der Waals surface area (Å²) in [5, 5.41) is 1.89. The summed E-state index contributed by atoms with van der Waals surface area (Å²) in [7, 11) is 0.495. The van der Waals surface area contributed by atoms with Gasteiger partial charge in [-0.05, 0) is 0 Å². The van der Waals surface area contributed by atoms with Crippen molar-refractivity contribution < 1.29 is 31.8 Å². The first kappa shape index (κ1) is 16.1. The molecule has 0 spiro atoms. The van der Waals surface area contributed by atoms with Crippen LogP contribution < -0.4 is 5.32 Å². The van der Waals surface area contributed by atoms with Gasteiger partial charge in [0.2, 0.25) is 0 Å². The second-order valence-corrected chi connectivity index (χ2v) is 4.01. The molecule has 1 aliphatic heterocycles. The number of morpholine rings is 1. The zero-order valence-electron chi connectivity index (χ0n) is 10.4. The quantitative estimate of drug-likeness (QED) is 0.740. The third-order valence-corrected chi connectivity index (χ3v) is 2.76. The lowest BCUT2D eigenvalue weighted by atomic mass is 10.2. The van der Waals surface area contributed by atoms with E-state index in [0.717, 1.165) is 0 Å². The predicted molar refractivity (Wildman–Crippen MR) is 57.2 cm³/mol. The van der Waals surface area contributed by atoms with Crippen molar-refractivity contribution in [1.82, 2.24) is 10.2 Å². The van der Waals surface area contributed by atoms with Gasteiger partial charge in [-0.1, -0.05) is 0 Å². The van der Waals surface area contributed by atoms with Crippen LogP contribution in [0, 0.1) is 0 Å². The van der Waals surface area contributed by atoms with Crippen LogP contribution in [0.5, 0.6) is 0 Å². The Morgan fingerprint density at radius 2 is 1.89 bits per heavy atom. The molecule has 1 unspecified atom stereocenters. The molecule has 0 aromatic carbocycles. The molecule has 1 N–H and O–H groups in total. The Morgan fingerprint density at radius 1 is 1.32 bits per heavy atom. The van der Waals surface area contributed by atoms with Gasteiger partial charge in [0.25, 0.3) is 5.91 Å². The lowest BCUT2D eigenvalue weighted by molar-refractivity contribution is -0.307. The lowest BCUT2D eigenvalue weighted by Crippen LogP contribution is -2.56. The van der Waals surface area contributed by atoms with E-state index >= 15 is 0 Å². The molecule has 5 nitrogen and oxygen atoms in total. The van der Waals surface area contributed by atoms with E-state index < -0.39 is 17.9 Å². The van der Waals surface area contributed by atoms with Crippen LogP contribution in [0.1, 0.15) is 0 Å². The van der Waals surface area contributed by atoms with Gasteiger partial charge in [0.1, 0.15) is 0 Å². The maximum atomic E-state index is 13.4. The molecule has 0 aliphatic carbocycles. The number of hydrogen-bond donors (Lipinski definition) is 1. The molecule has 0 saturated carbocycles. The summed E-state index contributed by atoms with van der Waals surface area (Å²) in [5.41, 5.74) is 0. The minimum Gasteiger partial charge on any atom is -0.379 e. The zero-order valence-corrected chi connectivity index (χ0v) is 10.4. The molecule has 1 amide bonds. The fraction of sp³-hybridized carbons (Fsp3) is 0.900. The molecule has 0 aromatic heterocycles. The number of rotatable bonds is 5. The second-order valence-electron chi connectivity index (χ2n) is 4.01. The molecule has 0 aromatic rings. The second kappa shape index (κ2) is 6.49. The molecule has 112 valence electrons. The maximum Gasteiger partial charge on any atom is 0.458 e. The number of nitrogens with zero attached hydrogens (tertiary/aromatic N) is 1. The Bertz CT molecular complexity index is 308. The molecular formula is C10H16F4N2O3. The van der Waals surface area contributed by atoms with Gasteiger partial charge in [0.15, 0.2) is 0 Å². The van der Waals surface area contributed by atoms with E-state index in [4.69, 9.17) is 4.74 Å². The van der Waals surface area contributed by atoms with E-state index in [-0.39, 0.29) is 6.54 Å². The number of methoxy groups -OCH3 is 1. The minimum atomic E-state index is -5.41. The van der Waals surface area contributed by atoms with Crippen molar-refractivity contribution in [2.75, 3.05) is 46.5 Å². The van der Waals surface area contributed by atoms with Crippen molar-refractivity contribution in [2.45, 2.75) is 12.0 Å². The van der Waals surface area contributed by atoms with Gasteiger partial charge < -0.3 is 14.8 Å². The molecule has 0 radical (unpaired) electrons. The van der Waals surface area contributed by atoms with E-state index in [0.29, 0.717) is 40.0 Å². The molecule has 1 fully saturated rings. The Balaban J connectivity index is 2.41. The first-order valence-corrected chi connectivity index (χ1v) is 5.70. The normalized spacial score (nSPS) is 20.9.